The lowest BCUT2D eigenvalue weighted by molar-refractivity contribution is -0.387. The second-order valence-electron chi connectivity index (χ2n) is 4.37. The third-order valence-corrected chi connectivity index (χ3v) is 3.40. The maximum Gasteiger partial charge on any atom is 0.431 e. The third-order valence-electron chi connectivity index (χ3n) is 2.67. The first-order valence-corrected chi connectivity index (χ1v) is 7.09. The first-order chi connectivity index (χ1) is 11.3. The van der Waals surface area contributed by atoms with E-state index >= 15 is 0 Å². The van der Waals surface area contributed by atoms with Gasteiger partial charge in [-0.3, -0.25) is 19.7 Å². The van der Waals surface area contributed by atoms with E-state index in [-0.39, 0.29) is 23.1 Å². The highest BCUT2D eigenvalue weighted by atomic mass is 127. The van der Waals surface area contributed by atoms with Gasteiger partial charge in [0.2, 0.25) is 5.82 Å². The Bertz CT molecular complexity index is 766. The van der Waals surface area contributed by atoms with E-state index in [2.05, 4.69) is 0 Å². The number of carbonyl (C=O) groups is 2. The Morgan fingerprint density at radius 2 is 1.84 bits per heavy atom. The molecule has 7 nitrogen and oxygen atoms in total. The highest BCUT2D eigenvalue weighted by molar-refractivity contribution is 14.1. The topological polar surface area (TPSA) is 92.6 Å². The van der Waals surface area contributed by atoms with Crippen LogP contribution in [0.1, 0.15) is 0 Å². The summed E-state index contributed by atoms with van der Waals surface area (Å²) in [4.78, 5) is 32.0. The molecule has 0 aliphatic carbocycles. The average Bonchev–Trinajstić information content (AvgIpc) is 2.45. The van der Waals surface area contributed by atoms with Crippen LogP contribution in [0, 0.1) is 21.7 Å². The second-order valence-corrected chi connectivity index (χ2v) is 5.29. The largest absolute Gasteiger partial charge is 0.431 e. The number of amides is 2. The molecule has 0 aliphatic rings. The summed E-state index contributed by atoms with van der Waals surface area (Å²) >= 11 is 1.05. The van der Waals surface area contributed by atoms with E-state index in [1.807, 2.05) is 0 Å². The molecule has 1 N–H and O–H groups in total. The van der Waals surface area contributed by atoms with Gasteiger partial charge in [0.1, 0.15) is 5.70 Å². The van der Waals surface area contributed by atoms with Crippen molar-refractivity contribution in [3.63, 3.8) is 0 Å². The molecule has 136 valence electrons. The highest BCUT2D eigenvalue weighted by Gasteiger charge is 2.38. The van der Waals surface area contributed by atoms with E-state index in [1.54, 1.807) is 5.32 Å². The SMILES string of the molecule is CN(C(=O)I)/C(=C\C(=O)Nc1cc(F)c([N+](=O)[O-])cc1F)C(F)(F)F. The fourth-order valence-corrected chi connectivity index (χ4v) is 1.79. The van der Waals surface area contributed by atoms with Crippen molar-refractivity contribution in [2.75, 3.05) is 12.4 Å². The van der Waals surface area contributed by atoms with Crippen LogP contribution in [-0.2, 0) is 4.79 Å². The van der Waals surface area contributed by atoms with E-state index in [0.29, 0.717) is 0 Å². The van der Waals surface area contributed by atoms with Gasteiger partial charge in [0.25, 0.3) is 9.82 Å². The van der Waals surface area contributed by atoms with Crippen LogP contribution >= 0.6 is 22.6 Å². The van der Waals surface area contributed by atoms with Crippen LogP contribution in [0.2, 0.25) is 0 Å². The summed E-state index contributed by atoms with van der Waals surface area (Å²) in [5, 5.41) is 12.1. The van der Waals surface area contributed by atoms with Crippen LogP contribution in [0.15, 0.2) is 23.9 Å². The number of hydrogen-bond donors (Lipinski definition) is 1. The summed E-state index contributed by atoms with van der Waals surface area (Å²) in [6.07, 6.45) is -5.11. The fourth-order valence-electron chi connectivity index (χ4n) is 1.53. The first-order valence-electron chi connectivity index (χ1n) is 6.01. The van der Waals surface area contributed by atoms with Crippen LogP contribution in [-0.4, -0.2) is 32.9 Å². The van der Waals surface area contributed by atoms with E-state index in [9.17, 15) is 41.7 Å². The molecule has 0 saturated carbocycles. The maximum absolute atomic E-state index is 13.6. The smallest absolute Gasteiger partial charge is 0.320 e. The monoisotopic (exact) mass is 479 g/mol. The Balaban J connectivity index is 3.18. The number of alkyl halides is 3. The Labute approximate surface area is 149 Å². The lowest BCUT2D eigenvalue weighted by Crippen LogP contribution is -2.31. The van der Waals surface area contributed by atoms with Crippen LogP contribution in [0.4, 0.5) is 38.1 Å². The molecule has 0 atom stereocenters. The molecule has 0 aromatic heterocycles. The Hall–Kier alpha value is -2.32. The van der Waals surface area contributed by atoms with E-state index < -0.39 is 49.6 Å². The maximum atomic E-state index is 13.6. The first kappa shape index (κ1) is 20.7. The summed E-state index contributed by atoms with van der Waals surface area (Å²) in [5.74, 6) is -4.45. The minimum atomic E-state index is -5.08. The summed E-state index contributed by atoms with van der Waals surface area (Å²) in [6, 6.07) is 0.416. The van der Waals surface area contributed by atoms with Crippen LogP contribution in [0.3, 0.4) is 0 Å². The number of nitro groups is 1. The zero-order valence-corrected chi connectivity index (χ0v) is 14.2. The third kappa shape index (κ3) is 5.33. The molecule has 0 radical (unpaired) electrons. The summed E-state index contributed by atoms with van der Waals surface area (Å²) < 4.78 is 64.6. The molecular formula is C12H7F5IN3O4. The summed E-state index contributed by atoms with van der Waals surface area (Å²) in [6.45, 7) is 0. The number of benzene rings is 1. The molecule has 0 heterocycles. The highest BCUT2D eigenvalue weighted by Crippen LogP contribution is 2.29. The lowest BCUT2D eigenvalue weighted by Gasteiger charge is -2.20. The molecule has 1 rings (SSSR count). The average molecular weight is 479 g/mol. The van der Waals surface area contributed by atoms with Gasteiger partial charge in [-0.1, -0.05) is 0 Å². The van der Waals surface area contributed by atoms with Crippen molar-refractivity contribution in [1.82, 2.24) is 4.90 Å². The van der Waals surface area contributed by atoms with Crippen LogP contribution in [0.5, 0.6) is 0 Å². The van der Waals surface area contributed by atoms with Crippen LogP contribution in [0.25, 0.3) is 0 Å². The normalized spacial score (nSPS) is 11.9. The molecule has 1 aromatic rings. The van der Waals surface area contributed by atoms with Gasteiger partial charge in [-0.15, -0.1) is 0 Å². The molecule has 0 fully saturated rings. The van der Waals surface area contributed by atoms with Crippen molar-refractivity contribution < 1.29 is 36.5 Å². The Kier molecular flexibility index (Phi) is 6.39. The van der Waals surface area contributed by atoms with Crippen molar-refractivity contribution >= 4 is 43.8 Å². The van der Waals surface area contributed by atoms with Crippen molar-refractivity contribution in [3.05, 3.63) is 45.7 Å². The van der Waals surface area contributed by atoms with E-state index in [0.717, 1.165) is 29.6 Å². The quantitative estimate of drug-likeness (QED) is 0.136. The van der Waals surface area contributed by atoms with Gasteiger partial charge in [0.15, 0.2) is 5.82 Å². The number of nitro benzene ring substituents is 1. The predicted octanol–water partition coefficient (Wildman–Crippen LogP) is 3.74. The predicted molar refractivity (Wildman–Crippen MR) is 83.0 cm³/mol. The number of rotatable bonds is 4. The number of allylic oxidation sites excluding steroid dienone is 1. The number of carbonyl (C=O) groups excluding carboxylic acids is 2. The molecule has 25 heavy (non-hydrogen) atoms. The Morgan fingerprint density at radius 3 is 2.28 bits per heavy atom. The fraction of sp³-hybridized carbons (Fsp3) is 0.167. The van der Waals surface area contributed by atoms with Crippen molar-refractivity contribution in [3.8, 4) is 0 Å². The van der Waals surface area contributed by atoms with Crippen molar-refractivity contribution in [2.24, 2.45) is 0 Å². The molecule has 1 aromatic carbocycles. The Morgan fingerprint density at radius 1 is 1.28 bits per heavy atom. The zero-order chi connectivity index (χ0) is 19.5. The molecule has 0 aliphatic heterocycles. The molecule has 13 heteroatoms. The van der Waals surface area contributed by atoms with Gasteiger partial charge in [-0.25, -0.2) is 4.39 Å². The number of nitrogens with zero attached hydrogens (tertiary/aromatic N) is 2. The number of hydrogen-bond acceptors (Lipinski definition) is 4. The van der Waals surface area contributed by atoms with E-state index in [4.69, 9.17) is 0 Å². The lowest BCUT2D eigenvalue weighted by atomic mass is 10.2. The standard InChI is InChI=1S/C12H7F5IN3O4/c1-20(11(18)23)9(12(15,16)17)4-10(22)19-7-2-6(14)8(21(24)25)3-5(7)13/h2-4H,1H3,(H,19,22)/b9-4-. The number of halogens is 6. The molecule has 0 spiro atoms. The summed E-state index contributed by atoms with van der Waals surface area (Å²) in [5.41, 5.74) is -3.77. The van der Waals surface area contributed by atoms with Gasteiger partial charge in [-0.05, 0) is 0 Å². The van der Waals surface area contributed by atoms with Gasteiger partial charge < -0.3 is 10.2 Å². The van der Waals surface area contributed by atoms with Gasteiger partial charge in [0, 0.05) is 41.8 Å². The van der Waals surface area contributed by atoms with Crippen LogP contribution < -0.4 is 5.32 Å². The molecular weight excluding hydrogens is 472 g/mol. The van der Waals surface area contributed by atoms with Gasteiger partial charge in [-0.2, -0.15) is 17.6 Å². The molecule has 0 unspecified atom stereocenters. The minimum Gasteiger partial charge on any atom is -0.320 e. The summed E-state index contributed by atoms with van der Waals surface area (Å²) in [7, 11) is 0.757. The van der Waals surface area contributed by atoms with Gasteiger partial charge in [0.05, 0.1) is 16.7 Å². The van der Waals surface area contributed by atoms with Crippen molar-refractivity contribution in [2.45, 2.75) is 6.18 Å². The number of nitrogens with one attached hydrogen (secondary N) is 1. The minimum absolute atomic E-state index is 0.0324. The molecule has 0 bridgehead atoms. The number of anilines is 1. The van der Waals surface area contributed by atoms with E-state index in [1.165, 1.54) is 0 Å². The van der Waals surface area contributed by atoms with Crippen molar-refractivity contribution in [1.29, 1.82) is 0 Å². The molecule has 0 saturated heterocycles. The second kappa shape index (κ2) is 7.71. The van der Waals surface area contributed by atoms with Gasteiger partial charge >= 0.3 is 11.9 Å². The zero-order valence-electron chi connectivity index (χ0n) is 12.0. The molecule has 2 amide bonds.